The van der Waals surface area contributed by atoms with Gasteiger partial charge in [-0.05, 0) is 46.5 Å². The Bertz CT molecular complexity index is 419. The average Bonchev–Trinajstić information content (AvgIpc) is 3.06. The smallest absolute Gasteiger partial charge is 0.193 e. The number of morpholine rings is 1. The van der Waals surface area contributed by atoms with E-state index in [4.69, 9.17) is 4.74 Å². The van der Waals surface area contributed by atoms with E-state index in [1.165, 1.54) is 13.0 Å². The van der Waals surface area contributed by atoms with Gasteiger partial charge in [0, 0.05) is 64.9 Å². The van der Waals surface area contributed by atoms with Crippen LogP contribution < -0.4 is 5.32 Å². The van der Waals surface area contributed by atoms with Crippen LogP contribution in [-0.4, -0.2) is 98.8 Å². The Hall–Kier alpha value is -0.120. The molecule has 2 aliphatic heterocycles. The average molecular weight is 495 g/mol. The Balaban J connectivity index is 0.00000364. The van der Waals surface area contributed by atoms with Gasteiger partial charge in [-0.15, -0.1) is 24.0 Å². The van der Waals surface area contributed by atoms with E-state index in [0.29, 0.717) is 12.1 Å². The van der Waals surface area contributed by atoms with E-state index >= 15 is 0 Å². The highest BCUT2D eigenvalue weighted by Crippen LogP contribution is 2.18. The Kier molecular flexibility index (Phi) is 12.2. The van der Waals surface area contributed by atoms with Crippen molar-refractivity contribution in [1.82, 2.24) is 20.0 Å². The monoisotopic (exact) mass is 495 g/mol. The second-order valence-electron chi connectivity index (χ2n) is 8.27. The van der Waals surface area contributed by atoms with Gasteiger partial charge in [0.05, 0.1) is 13.2 Å². The van der Waals surface area contributed by atoms with Crippen molar-refractivity contribution in [3.05, 3.63) is 0 Å². The second kappa shape index (κ2) is 13.2. The third-order valence-corrected chi connectivity index (χ3v) is 5.62. The van der Waals surface area contributed by atoms with Gasteiger partial charge in [-0.2, -0.15) is 0 Å². The number of halogens is 1. The van der Waals surface area contributed by atoms with Gasteiger partial charge in [0.2, 0.25) is 0 Å². The number of rotatable bonds is 8. The normalized spacial score (nSPS) is 22.0. The molecule has 7 heteroatoms. The van der Waals surface area contributed by atoms with E-state index in [9.17, 15) is 0 Å². The molecule has 0 bridgehead atoms. The Morgan fingerprint density at radius 2 is 1.81 bits per heavy atom. The largest absolute Gasteiger partial charge is 0.379 e. The third kappa shape index (κ3) is 8.41. The molecular formula is C20H42IN5O. The van der Waals surface area contributed by atoms with E-state index in [2.05, 4.69) is 52.7 Å². The Morgan fingerprint density at radius 1 is 1.15 bits per heavy atom. The predicted molar refractivity (Wildman–Crippen MR) is 125 cm³/mol. The molecule has 0 saturated carbocycles. The summed E-state index contributed by atoms with van der Waals surface area (Å²) in [7, 11) is 1.91. The Morgan fingerprint density at radius 3 is 2.41 bits per heavy atom. The summed E-state index contributed by atoms with van der Waals surface area (Å²) in [6.45, 7) is 18.7. The molecule has 2 heterocycles. The van der Waals surface area contributed by atoms with Crippen LogP contribution in [0.25, 0.3) is 0 Å². The quantitative estimate of drug-likeness (QED) is 0.243. The van der Waals surface area contributed by atoms with Crippen LogP contribution in [0.2, 0.25) is 0 Å². The standard InChI is InChI=1S/C20H41N5O.HI/c1-17(2)25(18(3)4)9-6-8-22-20(21-5)24-10-7-19(16-24)15-23-11-13-26-14-12-23;/h17-19H,6-16H2,1-5H3,(H,21,22);1H. The number of nitrogens with one attached hydrogen (secondary N) is 1. The van der Waals surface area contributed by atoms with Crippen LogP contribution in [0.1, 0.15) is 40.5 Å². The van der Waals surface area contributed by atoms with Crippen LogP contribution in [0.3, 0.4) is 0 Å². The zero-order chi connectivity index (χ0) is 18.9. The number of hydrogen-bond donors (Lipinski definition) is 1. The minimum absolute atomic E-state index is 0. The highest BCUT2D eigenvalue weighted by Gasteiger charge is 2.27. The van der Waals surface area contributed by atoms with Gasteiger partial charge >= 0.3 is 0 Å². The first-order valence-corrected chi connectivity index (χ1v) is 10.5. The van der Waals surface area contributed by atoms with Gasteiger partial charge < -0.3 is 15.0 Å². The molecule has 0 aromatic carbocycles. The first-order valence-electron chi connectivity index (χ1n) is 10.5. The third-order valence-electron chi connectivity index (χ3n) is 5.62. The molecule has 6 nitrogen and oxygen atoms in total. The van der Waals surface area contributed by atoms with Crippen molar-refractivity contribution < 1.29 is 4.74 Å². The molecule has 1 unspecified atom stereocenters. The summed E-state index contributed by atoms with van der Waals surface area (Å²) in [4.78, 5) is 12.1. The van der Waals surface area contributed by atoms with Gasteiger partial charge in [0.15, 0.2) is 5.96 Å². The first-order chi connectivity index (χ1) is 12.5. The summed E-state index contributed by atoms with van der Waals surface area (Å²) in [6, 6.07) is 1.21. The van der Waals surface area contributed by atoms with Crippen molar-refractivity contribution in [3.63, 3.8) is 0 Å². The molecular weight excluding hydrogens is 453 g/mol. The maximum Gasteiger partial charge on any atom is 0.193 e. The van der Waals surface area contributed by atoms with Crippen LogP contribution in [0, 0.1) is 5.92 Å². The van der Waals surface area contributed by atoms with E-state index in [1.807, 2.05) is 7.05 Å². The van der Waals surface area contributed by atoms with E-state index in [1.54, 1.807) is 0 Å². The van der Waals surface area contributed by atoms with Crippen molar-refractivity contribution >= 4 is 29.9 Å². The molecule has 0 aromatic heterocycles. The molecule has 0 radical (unpaired) electrons. The summed E-state index contributed by atoms with van der Waals surface area (Å²) in [6.07, 6.45) is 2.42. The van der Waals surface area contributed by atoms with Crippen molar-refractivity contribution in [2.45, 2.75) is 52.6 Å². The van der Waals surface area contributed by atoms with Crippen LogP contribution in [0.5, 0.6) is 0 Å². The molecule has 1 atom stereocenters. The number of guanidine groups is 1. The fraction of sp³-hybridized carbons (Fsp3) is 0.950. The van der Waals surface area contributed by atoms with Gasteiger partial charge in [-0.25, -0.2) is 0 Å². The van der Waals surface area contributed by atoms with Gasteiger partial charge in [-0.3, -0.25) is 14.8 Å². The van der Waals surface area contributed by atoms with Crippen LogP contribution in [-0.2, 0) is 4.74 Å². The summed E-state index contributed by atoms with van der Waals surface area (Å²) in [5, 5.41) is 3.58. The van der Waals surface area contributed by atoms with Crippen LogP contribution >= 0.6 is 24.0 Å². The molecule has 2 aliphatic rings. The van der Waals surface area contributed by atoms with Crippen molar-refractivity contribution in [2.24, 2.45) is 10.9 Å². The topological polar surface area (TPSA) is 43.3 Å². The maximum absolute atomic E-state index is 5.46. The number of ether oxygens (including phenoxy) is 1. The Labute approximate surface area is 184 Å². The minimum Gasteiger partial charge on any atom is -0.379 e. The van der Waals surface area contributed by atoms with Gasteiger partial charge in [-0.1, -0.05) is 0 Å². The van der Waals surface area contributed by atoms with Crippen LogP contribution in [0.4, 0.5) is 0 Å². The van der Waals surface area contributed by atoms with E-state index in [-0.39, 0.29) is 24.0 Å². The molecule has 0 aliphatic carbocycles. The van der Waals surface area contributed by atoms with Gasteiger partial charge in [0.1, 0.15) is 0 Å². The number of hydrogen-bond acceptors (Lipinski definition) is 4. The molecule has 2 saturated heterocycles. The highest BCUT2D eigenvalue weighted by molar-refractivity contribution is 14.0. The van der Waals surface area contributed by atoms with Crippen LogP contribution in [0.15, 0.2) is 4.99 Å². The summed E-state index contributed by atoms with van der Waals surface area (Å²) < 4.78 is 5.46. The predicted octanol–water partition coefficient (Wildman–Crippen LogP) is 2.34. The highest BCUT2D eigenvalue weighted by atomic mass is 127. The molecule has 27 heavy (non-hydrogen) atoms. The van der Waals surface area contributed by atoms with Crippen molar-refractivity contribution in [3.8, 4) is 0 Å². The zero-order valence-electron chi connectivity index (χ0n) is 18.1. The second-order valence-corrected chi connectivity index (χ2v) is 8.27. The van der Waals surface area contributed by atoms with E-state index < -0.39 is 0 Å². The molecule has 160 valence electrons. The number of nitrogens with zero attached hydrogens (tertiary/aromatic N) is 4. The fourth-order valence-electron chi connectivity index (χ4n) is 4.23. The molecule has 0 aromatic rings. The molecule has 0 amide bonds. The molecule has 2 rings (SSSR count). The first kappa shape index (κ1) is 24.9. The van der Waals surface area contributed by atoms with Crippen molar-refractivity contribution in [1.29, 1.82) is 0 Å². The summed E-state index contributed by atoms with van der Waals surface area (Å²) in [5.41, 5.74) is 0. The fourth-order valence-corrected chi connectivity index (χ4v) is 4.23. The lowest BCUT2D eigenvalue weighted by atomic mass is 10.1. The van der Waals surface area contributed by atoms with Gasteiger partial charge in [0.25, 0.3) is 0 Å². The summed E-state index contributed by atoms with van der Waals surface area (Å²) in [5.74, 6) is 1.83. The van der Waals surface area contributed by atoms with Crippen molar-refractivity contribution in [2.75, 3.05) is 66.1 Å². The lowest BCUT2D eigenvalue weighted by molar-refractivity contribution is 0.0315. The minimum atomic E-state index is 0. The molecule has 0 spiro atoms. The lowest BCUT2D eigenvalue weighted by Crippen LogP contribution is -2.43. The number of aliphatic imine (C=N–C) groups is 1. The maximum atomic E-state index is 5.46. The SMILES string of the molecule is CN=C(NCCCN(C(C)C)C(C)C)N1CCC(CN2CCOCC2)C1.I. The van der Waals surface area contributed by atoms with E-state index in [0.717, 1.165) is 70.8 Å². The molecule has 2 fully saturated rings. The zero-order valence-corrected chi connectivity index (χ0v) is 20.4. The lowest BCUT2D eigenvalue weighted by Gasteiger charge is -2.31. The number of likely N-dealkylation sites (tertiary alicyclic amines) is 1. The molecule has 1 N–H and O–H groups in total. The summed E-state index contributed by atoms with van der Waals surface area (Å²) >= 11 is 0.